The Morgan fingerprint density at radius 1 is 1.07 bits per heavy atom. The number of hydrogen-bond donors (Lipinski definition) is 3. The fourth-order valence-electron chi connectivity index (χ4n) is 6.60. The molecule has 0 spiro atoms. The number of piperazine rings is 1. The Balaban J connectivity index is 1.35. The number of rotatable bonds is 12. The maximum Gasteiger partial charge on any atom is 0.315 e. The van der Waals surface area contributed by atoms with Crippen molar-refractivity contribution in [3.8, 4) is 0 Å². The van der Waals surface area contributed by atoms with Crippen molar-refractivity contribution in [3.05, 3.63) is 41.8 Å². The van der Waals surface area contributed by atoms with E-state index in [0.29, 0.717) is 37.4 Å². The zero-order valence-corrected chi connectivity index (χ0v) is 27.1. The van der Waals surface area contributed by atoms with Crippen molar-refractivity contribution in [3.63, 3.8) is 0 Å². The van der Waals surface area contributed by atoms with Gasteiger partial charge < -0.3 is 25.8 Å². The lowest BCUT2D eigenvalue weighted by atomic mass is 9.82. The molecule has 1 saturated heterocycles. The molecule has 1 aliphatic heterocycles. The highest BCUT2D eigenvalue weighted by Gasteiger charge is 2.37. The maximum atomic E-state index is 15.7. The molecule has 2 saturated carbocycles. The number of aromatic nitrogens is 2. The number of hydrogen-bond acceptors (Lipinski definition) is 6. The van der Waals surface area contributed by atoms with Crippen LogP contribution in [0.1, 0.15) is 70.3 Å². The summed E-state index contributed by atoms with van der Waals surface area (Å²) in [4.78, 5) is 58.1. The van der Waals surface area contributed by atoms with Crippen LogP contribution in [0.4, 0.5) is 20.7 Å². The number of likely N-dealkylation sites (N-methyl/N-ethyl adjacent to an activating group) is 1. The maximum absolute atomic E-state index is 15.7. The van der Waals surface area contributed by atoms with Gasteiger partial charge in [-0.2, -0.15) is 5.10 Å². The number of amides is 5. The lowest BCUT2D eigenvalue weighted by molar-refractivity contribution is -0.135. The average Bonchev–Trinajstić information content (AvgIpc) is 3.75. The van der Waals surface area contributed by atoms with Crippen LogP contribution in [-0.4, -0.2) is 95.2 Å². The van der Waals surface area contributed by atoms with Crippen molar-refractivity contribution in [2.75, 3.05) is 43.4 Å². The molecule has 0 unspecified atom stereocenters. The molecular weight excluding hydrogens is 591 g/mol. The third kappa shape index (κ3) is 7.86. The van der Waals surface area contributed by atoms with Crippen molar-refractivity contribution < 1.29 is 23.6 Å². The Labute approximate surface area is 270 Å². The Morgan fingerprint density at radius 2 is 1.78 bits per heavy atom. The summed E-state index contributed by atoms with van der Waals surface area (Å²) in [5.41, 5.74) is 0.498. The molecule has 1 aromatic carbocycles. The highest BCUT2D eigenvalue weighted by molar-refractivity contribution is 6.00. The van der Waals surface area contributed by atoms with Crippen LogP contribution in [0, 0.1) is 11.7 Å². The second-order valence-electron chi connectivity index (χ2n) is 12.9. The molecular formula is C33H47FN8O4. The molecule has 13 heteroatoms. The number of carbonyl (C=O) groups is 4. The number of nitrogens with one attached hydrogen (secondary N) is 3. The van der Waals surface area contributed by atoms with Crippen LogP contribution in [0.15, 0.2) is 30.5 Å². The largest absolute Gasteiger partial charge is 0.338 e. The van der Waals surface area contributed by atoms with Crippen LogP contribution in [0.2, 0.25) is 0 Å². The normalized spacial score (nSPS) is 19.5. The van der Waals surface area contributed by atoms with E-state index in [9.17, 15) is 19.2 Å². The average molecular weight is 639 g/mol. The van der Waals surface area contributed by atoms with Crippen molar-refractivity contribution in [1.29, 1.82) is 0 Å². The molecule has 3 atom stereocenters. The lowest BCUT2D eigenvalue weighted by Crippen LogP contribution is -2.57. The number of urea groups is 1. The van der Waals surface area contributed by atoms with Gasteiger partial charge in [-0.15, -0.1) is 0 Å². The van der Waals surface area contributed by atoms with Crippen LogP contribution in [-0.2, 0) is 20.9 Å². The molecule has 3 N–H and O–H groups in total. The van der Waals surface area contributed by atoms with Gasteiger partial charge in [-0.1, -0.05) is 32.3 Å². The van der Waals surface area contributed by atoms with E-state index < -0.39 is 35.8 Å². The van der Waals surface area contributed by atoms with Crippen molar-refractivity contribution in [1.82, 2.24) is 30.2 Å². The quantitative estimate of drug-likeness (QED) is 0.306. The fourth-order valence-corrected chi connectivity index (χ4v) is 6.60. The van der Waals surface area contributed by atoms with Crippen molar-refractivity contribution >= 4 is 35.8 Å². The van der Waals surface area contributed by atoms with Crippen LogP contribution in [0.3, 0.4) is 0 Å². The molecule has 5 rings (SSSR count). The Bertz CT molecular complexity index is 1380. The molecule has 0 radical (unpaired) electrons. The molecule has 2 aliphatic carbocycles. The van der Waals surface area contributed by atoms with Gasteiger partial charge in [0.05, 0.1) is 11.9 Å². The molecule has 46 heavy (non-hydrogen) atoms. The third-order valence-electron chi connectivity index (χ3n) is 9.59. The number of aryl methyl sites for hydroxylation is 1. The minimum Gasteiger partial charge on any atom is -0.338 e. The summed E-state index contributed by atoms with van der Waals surface area (Å²) in [5, 5.41) is 12.8. The van der Waals surface area contributed by atoms with Gasteiger partial charge in [0.15, 0.2) is 0 Å². The topological polar surface area (TPSA) is 132 Å². The Kier molecular flexibility index (Phi) is 10.9. The van der Waals surface area contributed by atoms with Crippen LogP contribution >= 0.6 is 0 Å². The molecule has 5 amide bonds. The van der Waals surface area contributed by atoms with Gasteiger partial charge in [-0.3, -0.25) is 19.3 Å². The minimum atomic E-state index is -0.901. The van der Waals surface area contributed by atoms with Gasteiger partial charge in [0.1, 0.15) is 23.7 Å². The first-order chi connectivity index (χ1) is 22.2. The van der Waals surface area contributed by atoms with Crippen molar-refractivity contribution in [2.45, 2.75) is 89.4 Å². The van der Waals surface area contributed by atoms with Crippen LogP contribution in [0.5, 0.6) is 0 Å². The Morgan fingerprint density at radius 3 is 2.41 bits per heavy atom. The van der Waals surface area contributed by atoms with Gasteiger partial charge in [0.2, 0.25) is 18.2 Å². The summed E-state index contributed by atoms with van der Waals surface area (Å²) in [7, 11) is 2.00. The Hall–Kier alpha value is -4.00. The van der Waals surface area contributed by atoms with E-state index in [1.807, 2.05) is 14.0 Å². The number of halogens is 1. The fraction of sp³-hybridized carbons (Fsp3) is 0.606. The summed E-state index contributed by atoms with van der Waals surface area (Å²) in [6, 6.07) is 4.14. The molecule has 250 valence electrons. The van der Waals surface area contributed by atoms with Gasteiger partial charge in [0.25, 0.3) is 0 Å². The predicted molar refractivity (Wildman–Crippen MR) is 173 cm³/mol. The zero-order chi connectivity index (χ0) is 32.8. The smallest absolute Gasteiger partial charge is 0.315 e. The van der Waals surface area contributed by atoms with E-state index in [0.717, 1.165) is 58.0 Å². The monoisotopic (exact) mass is 638 g/mol. The first kappa shape index (κ1) is 33.4. The molecule has 2 aromatic rings. The van der Waals surface area contributed by atoms with Gasteiger partial charge >= 0.3 is 6.03 Å². The van der Waals surface area contributed by atoms with E-state index in [4.69, 9.17) is 0 Å². The van der Waals surface area contributed by atoms with Gasteiger partial charge in [-0.25, -0.2) is 13.9 Å². The number of anilines is 2. The summed E-state index contributed by atoms with van der Waals surface area (Å²) < 4.78 is 17.4. The highest BCUT2D eigenvalue weighted by atomic mass is 19.1. The molecule has 3 fully saturated rings. The van der Waals surface area contributed by atoms with E-state index in [1.165, 1.54) is 17.0 Å². The molecule has 3 aliphatic rings. The van der Waals surface area contributed by atoms with E-state index in [2.05, 4.69) is 25.9 Å². The lowest BCUT2D eigenvalue weighted by Gasteiger charge is -2.36. The standard InChI is InChI=1S/C33H47FN8O4/c1-4-42-28(14-15-35-42)41(21-43)30(23-8-6-5-7-9-23)31(44)37-27-13-10-24(20-26(27)34)22(2)29(38-33(46)36-25-11-12-25)32(45)40-18-16-39(3)17-19-40/h10,13-15,20-23,25,29-30H,4-9,11-12,16-19H2,1-3H3,(H,37,44)(H2,36,38,46)/t22-,29+,30-/m0/s1. The first-order valence-electron chi connectivity index (χ1n) is 16.6. The molecule has 0 bridgehead atoms. The van der Waals surface area contributed by atoms with E-state index in [-0.39, 0.29) is 23.6 Å². The minimum absolute atomic E-state index is 0.0158. The molecule has 12 nitrogen and oxygen atoms in total. The predicted octanol–water partition coefficient (Wildman–Crippen LogP) is 3.30. The number of carbonyl (C=O) groups excluding carboxylic acids is 4. The zero-order valence-electron chi connectivity index (χ0n) is 27.1. The van der Waals surface area contributed by atoms with Crippen LogP contribution in [0.25, 0.3) is 0 Å². The third-order valence-corrected chi connectivity index (χ3v) is 9.59. The molecule has 1 aromatic heterocycles. The summed E-state index contributed by atoms with van der Waals surface area (Å²) in [6.07, 6.45) is 8.62. The summed E-state index contributed by atoms with van der Waals surface area (Å²) >= 11 is 0. The first-order valence-corrected chi connectivity index (χ1v) is 16.6. The second kappa shape index (κ2) is 15.1. The summed E-state index contributed by atoms with van der Waals surface area (Å²) in [6.45, 7) is 6.77. The van der Waals surface area contributed by atoms with E-state index >= 15 is 4.39 Å². The second-order valence-corrected chi connectivity index (χ2v) is 12.9. The summed E-state index contributed by atoms with van der Waals surface area (Å²) in [5.74, 6) is -1.46. The van der Waals surface area contributed by atoms with Crippen molar-refractivity contribution in [2.24, 2.45) is 5.92 Å². The highest BCUT2D eigenvalue weighted by Crippen LogP contribution is 2.33. The number of benzene rings is 1. The SMILES string of the molecule is CCn1nccc1N(C=O)[C@H](C(=O)Nc1ccc([C@H](C)[C@@H](NC(=O)NC2CC2)C(=O)N2CCN(C)CC2)cc1F)C1CCCCC1. The van der Waals surface area contributed by atoms with Gasteiger partial charge in [-0.05, 0) is 63.3 Å². The van der Waals surface area contributed by atoms with Gasteiger partial charge in [0, 0.05) is 50.7 Å². The van der Waals surface area contributed by atoms with E-state index in [1.54, 1.807) is 34.8 Å². The van der Waals surface area contributed by atoms with Crippen LogP contribution < -0.4 is 20.9 Å². The molecule has 2 heterocycles. The number of nitrogens with zero attached hydrogens (tertiary/aromatic N) is 5.